The zero-order valence-electron chi connectivity index (χ0n) is 14.4. The fraction of sp³-hybridized carbons (Fsp3) is 0.333. The molecule has 2 aromatic rings. The molecule has 0 fully saturated rings. The summed E-state index contributed by atoms with van der Waals surface area (Å²) < 4.78 is 0. The van der Waals surface area contributed by atoms with Crippen LogP contribution in [0.25, 0.3) is 0 Å². The molecular formula is C18H22N4O2. The van der Waals surface area contributed by atoms with E-state index in [-0.39, 0.29) is 17.4 Å². The predicted molar refractivity (Wildman–Crippen MR) is 94.5 cm³/mol. The van der Waals surface area contributed by atoms with Gasteiger partial charge in [-0.3, -0.25) is 9.59 Å². The van der Waals surface area contributed by atoms with E-state index in [0.29, 0.717) is 28.8 Å². The Morgan fingerprint density at radius 1 is 1.17 bits per heavy atom. The van der Waals surface area contributed by atoms with Crippen molar-refractivity contribution in [2.75, 3.05) is 17.2 Å². The van der Waals surface area contributed by atoms with Crippen molar-refractivity contribution < 1.29 is 9.59 Å². The lowest BCUT2D eigenvalue weighted by atomic mass is 10.1. The molecule has 0 radical (unpaired) electrons. The third-order valence-corrected chi connectivity index (χ3v) is 3.29. The van der Waals surface area contributed by atoms with E-state index in [2.05, 4.69) is 34.4 Å². The molecule has 24 heavy (non-hydrogen) atoms. The van der Waals surface area contributed by atoms with E-state index in [4.69, 9.17) is 0 Å². The van der Waals surface area contributed by atoms with Gasteiger partial charge in [0.15, 0.2) is 5.78 Å². The Hall–Kier alpha value is -2.76. The van der Waals surface area contributed by atoms with E-state index in [1.165, 1.54) is 6.92 Å². The van der Waals surface area contributed by atoms with Crippen molar-refractivity contribution in [2.45, 2.75) is 27.7 Å². The second-order valence-electron chi connectivity index (χ2n) is 6.05. The van der Waals surface area contributed by atoms with Crippen LogP contribution in [0, 0.1) is 12.8 Å². The van der Waals surface area contributed by atoms with Gasteiger partial charge in [0.25, 0.3) is 5.91 Å². The Morgan fingerprint density at radius 2 is 1.92 bits per heavy atom. The first kappa shape index (κ1) is 17.6. The standard InChI is InChI=1S/C18H22N4O2/c1-11(2)10-19-17-9-16(20-13(4)21-17)18(24)22-15-7-5-6-14(8-15)12(3)23/h5-9,11H,10H2,1-4H3,(H,22,24)(H,19,20,21). The average Bonchev–Trinajstić information content (AvgIpc) is 2.52. The highest BCUT2D eigenvalue weighted by Crippen LogP contribution is 2.14. The molecular weight excluding hydrogens is 304 g/mol. The van der Waals surface area contributed by atoms with Gasteiger partial charge in [-0.2, -0.15) is 0 Å². The van der Waals surface area contributed by atoms with Gasteiger partial charge in [0.1, 0.15) is 17.3 Å². The van der Waals surface area contributed by atoms with Crippen LogP contribution in [0.5, 0.6) is 0 Å². The second-order valence-corrected chi connectivity index (χ2v) is 6.05. The summed E-state index contributed by atoms with van der Waals surface area (Å²) in [7, 11) is 0. The maximum atomic E-state index is 12.4. The van der Waals surface area contributed by atoms with Crippen LogP contribution in [0.3, 0.4) is 0 Å². The minimum Gasteiger partial charge on any atom is -0.370 e. The van der Waals surface area contributed by atoms with E-state index in [1.807, 2.05) is 0 Å². The van der Waals surface area contributed by atoms with Gasteiger partial charge in [0.05, 0.1) is 0 Å². The van der Waals surface area contributed by atoms with Gasteiger partial charge >= 0.3 is 0 Å². The number of benzene rings is 1. The lowest BCUT2D eigenvalue weighted by Crippen LogP contribution is -2.17. The summed E-state index contributed by atoms with van der Waals surface area (Å²) >= 11 is 0. The SMILES string of the molecule is CC(=O)c1cccc(NC(=O)c2cc(NCC(C)C)nc(C)n2)c1. The number of aromatic nitrogens is 2. The normalized spacial score (nSPS) is 10.5. The predicted octanol–water partition coefficient (Wildman–Crippen LogP) is 3.31. The Morgan fingerprint density at radius 3 is 2.58 bits per heavy atom. The average molecular weight is 326 g/mol. The van der Waals surface area contributed by atoms with Crippen LogP contribution in [0.1, 0.15) is 47.4 Å². The molecule has 0 saturated carbocycles. The van der Waals surface area contributed by atoms with Crippen molar-refractivity contribution in [3.05, 3.63) is 47.4 Å². The summed E-state index contributed by atoms with van der Waals surface area (Å²) in [6.45, 7) is 8.18. The van der Waals surface area contributed by atoms with Gasteiger partial charge in [0, 0.05) is 23.9 Å². The van der Waals surface area contributed by atoms with E-state index < -0.39 is 0 Å². The third kappa shape index (κ3) is 4.87. The van der Waals surface area contributed by atoms with Gasteiger partial charge in [-0.05, 0) is 31.9 Å². The summed E-state index contributed by atoms with van der Waals surface area (Å²) in [5.74, 6) is 1.22. The minimum absolute atomic E-state index is 0.0517. The molecule has 1 heterocycles. The molecule has 1 amide bonds. The topological polar surface area (TPSA) is 84.0 Å². The molecule has 0 saturated heterocycles. The van der Waals surface area contributed by atoms with Crippen molar-refractivity contribution >= 4 is 23.2 Å². The molecule has 0 atom stereocenters. The lowest BCUT2D eigenvalue weighted by Gasteiger charge is -2.11. The maximum absolute atomic E-state index is 12.4. The maximum Gasteiger partial charge on any atom is 0.274 e. The number of hydrogen-bond acceptors (Lipinski definition) is 5. The monoisotopic (exact) mass is 326 g/mol. The van der Waals surface area contributed by atoms with Crippen LogP contribution < -0.4 is 10.6 Å². The minimum atomic E-state index is -0.339. The van der Waals surface area contributed by atoms with Crippen LogP contribution in [-0.4, -0.2) is 28.2 Å². The van der Waals surface area contributed by atoms with Crippen molar-refractivity contribution in [3.63, 3.8) is 0 Å². The van der Waals surface area contributed by atoms with Crippen LogP contribution >= 0.6 is 0 Å². The summed E-state index contributed by atoms with van der Waals surface area (Å²) in [5.41, 5.74) is 1.38. The number of amides is 1. The fourth-order valence-corrected chi connectivity index (χ4v) is 2.09. The first-order valence-electron chi connectivity index (χ1n) is 7.87. The molecule has 0 aliphatic heterocycles. The van der Waals surface area contributed by atoms with E-state index in [9.17, 15) is 9.59 Å². The van der Waals surface area contributed by atoms with E-state index in [0.717, 1.165) is 6.54 Å². The summed E-state index contributed by atoms with van der Waals surface area (Å²) in [6, 6.07) is 8.44. The van der Waals surface area contributed by atoms with Gasteiger partial charge in [-0.15, -0.1) is 0 Å². The smallest absolute Gasteiger partial charge is 0.274 e. The number of hydrogen-bond donors (Lipinski definition) is 2. The van der Waals surface area contributed by atoms with Gasteiger partial charge in [-0.25, -0.2) is 9.97 Å². The van der Waals surface area contributed by atoms with Gasteiger partial charge < -0.3 is 10.6 Å². The first-order valence-corrected chi connectivity index (χ1v) is 7.87. The number of nitrogens with zero attached hydrogens (tertiary/aromatic N) is 2. The Kier molecular flexibility index (Phi) is 5.63. The molecule has 0 bridgehead atoms. The lowest BCUT2D eigenvalue weighted by molar-refractivity contribution is 0.100. The number of anilines is 2. The molecule has 0 aliphatic rings. The van der Waals surface area contributed by atoms with E-state index in [1.54, 1.807) is 37.3 Å². The third-order valence-electron chi connectivity index (χ3n) is 3.29. The van der Waals surface area contributed by atoms with Gasteiger partial charge in [-0.1, -0.05) is 26.0 Å². The highest BCUT2D eigenvalue weighted by Gasteiger charge is 2.12. The fourth-order valence-electron chi connectivity index (χ4n) is 2.09. The first-order chi connectivity index (χ1) is 11.3. The summed E-state index contributed by atoms with van der Waals surface area (Å²) in [5, 5.41) is 5.96. The van der Waals surface area contributed by atoms with Crippen LogP contribution in [0.2, 0.25) is 0 Å². The number of carbonyl (C=O) groups is 2. The number of carbonyl (C=O) groups excluding carboxylic acids is 2. The molecule has 2 rings (SSSR count). The van der Waals surface area contributed by atoms with Crippen molar-refractivity contribution in [1.29, 1.82) is 0 Å². The van der Waals surface area contributed by atoms with Gasteiger partial charge in [0.2, 0.25) is 0 Å². The zero-order valence-corrected chi connectivity index (χ0v) is 14.4. The highest BCUT2D eigenvalue weighted by molar-refractivity contribution is 6.04. The Balaban J connectivity index is 2.17. The largest absolute Gasteiger partial charge is 0.370 e. The highest BCUT2D eigenvalue weighted by atomic mass is 16.2. The van der Waals surface area contributed by atoms with Crippen LogP contribution in [-0.2, 0) is 0 Å². The quantitative estimate of drug-likeness (QED) is 0.796. The molecule has 0 spiro atoms. The van der Waals surface area contributed by atoms with Crippen molar-refractivity contribution in [1.82, 2.24) is 9.97 Å². The number of aryl methyl sites for hydroxylation is 1. The Bertz CT molecular complexity index is 756. The van der Waals surface area contributed by atoms with Crippen molar-refractivity contribution in [2.24, 2.45) is 5.92 Å². The van der Waals surface area contributed by atoms with E-state index >= 15 is 0 Å². The molecule has 6 nitrogen and oxygen atoms in total. The molecule has 6 heteroatoms. The molecule has 0 unspecified atom stereocenters. The summed E-state index contributed by atoms with van der Waals surface area (Å²) in [6.07, 6.45) is 0. The number of ketones is 1. The second kappa shape index (κ2) is 7.68. The number of nitrogens with one attached hydrogen (secondary N) is 2. The molecule has 2 N–H and O–H groups in total. The number of rotatable bonds is 6. The molecule has 126 valence electrons. The molecule has 0 aliphatic carbocycles. The zero-order chi connectivity index (χ0) is 17.7. The van der Waals surface area contributed by atoms with Crippen LogP contribution in [0.4, 0.5) is 11.5 Å². The Labute approximate surface area is 141 Å². The molecule has 1 aromatic carbocycles. The summed E-state index contributed by atoms with van der Waals surface area (Å²) in [4.78, 5) is 32.3. The number of Topliss-reactive ketones (excluding diaryl/α,β-unsaturated/α-hetero) is 1. The van der Waals surface area contributed by atoms with Crippen molar-refractivity contribution in [3.8, 4) is 0 Å². The van der Waals surface area contributed by atoms with Crippen LogP contribution in [0.15, 0.2) is 30.3 Å². The molecule has 1 aromatic heterocycles.